The van der Waals surface area contributed by atoms with Crippen LogP contribution in [0.5, 0.6) is 11.5 Å². The summed E-state index contributed by atoms with van der Waals surface area (Å²) in [6.45, 7) is 0.965. The largest absolute Gasteiger partial charge is 0.493 e. The van der Waals surface area contributed by atoms with Gasteiger partial charge in [-0.2, -0.15) is 0 Å². The van der Waals surface area contributed by atoms with Gasteiger partial charge in [0, 0.05) is 6.07 Å². The molecule has 0 spiro atoms. The molecular weight excluding hydrogens is 392 g/mol. The summed E-state index contributed by atoms with van der Waals surface area (Å²) in [5.41, 5.74) is 2.39. The first-order valence-electron chi connectivity index (χ1n) is 9.94. The SMILES string of the molecule is O=C(OC1=CC=COC1)c1cc(OCc2ccccc2)cc(OCc2ccccc2)c1. The molecule has 1 aliphatic heterocycles. The van der Waals surface area contributed by atoms with Crippen LogP contribution in [0, 0.1) is 0 Å². The van der Waals surface area contributed by atoms with E-state index in [0.29, 0.717) is 36.0 Å². The lowest BCUT2D eigenvalue weighted by atomic mass is 10.2. The molecular formula is C26H22O5. The third kappa shape index (κ3) is 6.00. The third-order valence-corrected chi connectivity index (χ3v) is 4.52. The van der Waals surface area contributed by atoms with Crippen LogP contribution in [0.2, 0.25) is 0 Å². The molecule has 0 aromatic heterocycles. The number of hydrogen-bond donors (Lipinski definition) is 0. The second kappa shape index (κ2) is 10.2. The van der Waals surface area contributed by atoms with Crippen LogP contribution in [-0.4, -0.2) is 12.6 Å². The van der Waals surface area contributed by atoms with E-state index in [9.17, 15) is 4.79 Å². The van der Waals surface area contributed by atoms with Crippen molar-refractivity contribution >= 4 is 5.97 Å². The van der Waals surface area contributed by atoms with Crippen molar-refractivity contribution in [2.45, 2.75) is 13.2 Å². The molecule has 0 radical (unpaired) electrons. The van der Waals surface area contributed by atoms with Crippen molar-refractivity contribution in [3.8, 4) is 11.5 Å². The molecule has 0 amide bonds. The fraction of sp³-hybridized carbons (Fsp3) is 0.115. The van der Waals surface area contributed by atoms with E-state index in [0.717, 1.165) is 11.1 Å². The van der Waals surface area contributed by atoms with E-state index in [-0.39, 0.29) is 6.61 Å². The Morgan fingerprint density at radius 1 is 0.806 bits per heavy atom. The molecule has 0 fully saturated rings. The number of carbonyl (C=O) groups is 1. The van der Waals surface area contributed by atoms with Crippen LogP contribution >= 0.6 is 0 Å². The topological polar surface area (TPSA) is 54.0 Å². The molecule has 5 nitrogen and oxygen atoms in total. The van der Waals surface area contributed by atoms with Crippen LogP contribution in [0.15, 0.2) is 103 Å². The Kier molecular flexibility index (Phi) is 6.65. The summed E-state index contributed by atoms with van der Waals surface area (Å²) in [7, 11) is 0. The first-order chi connectivity index (χ1) is 15.3. The van der Waals surface area contributed by atoms with E-state index in [1.165, 1.54) is 0 Å². The molecule has 0 aliphatic carbocycles. The summed E-state index contributed by atoms with van der Waals surface area (Å²) < 4.78 is 22.5. The number of carbonyl (C=O) groups excluding carboxylic acids is 1. The predicted molar refractivity (Wildman–Crippen MR) is 117 cm³/mol. The van der Waals surface area contributed by atoms with Gasteiger partial charge in [-0.1, -0.05) is 60.7 Å². The minimum Gasteiger partial charge on any atom is -0.493 e. The first-order valence-corrected chi connectivity index (χ1v) is 9.94. The molecule has 0 bridgehead atoms. The van der Waals surface area contributed by atoms with Crippen LogP contribution in [0.3, 0.4) is 0 Å². The molecule has 3 aromatic rings. The highest BCUT2D eigenvalue weighted by molar-refractivity contribution is 5.91. The lowest BCUT2D eigenvalue weighted by Crippen LogP contribution is -2.10. The second-order valence-electron chi connectivity index (χ2n) is 6.90. The van der Waals surface area contributed by atoms with Crippen molar-refractivity contribution in [2.75, 3.05) is 6.61 Å². The number of esters is 1. The van der Waals surface area contributed by atoms with Gasteiger partial charge in [-0.3, -0.25) is 0 Å². The average molecular weight is 414 g/mol. The molecule has 0 saturated carbocycles. The van der Waals surface area contributed by atoms with Gasteiger partial charge in [-0.15, -0.1) is 0 Å². The molecule has 156 valence electrons. The van der Waals surface area contributed by atoms with Crippen LogP contribution in [-0.2, 0) is 22.7 Å². The van der Waals surface area contributed by atoms with Gasteiger partial charge < -0.3 is 18.9 Å². The Hall–Kier alpha value is -3.99. The molecule has 0 saturated heterocycles. The van der Waals surface area contributed by atoms with Crippen molar-refractivity contribution in [1.82, 2.24) is 0 Å². The Morgan fingerprint density at radius 2 is 1.39 bits per heavy atom. The van der Waals surface area contributed by atoms with Crippen LogP contribution < -0.4 is 9.47 Å². The van der Waals surface area contributed by atoms with Gasteiger partial charge in [0.2, 0.25) is 0 Å². The van der Waals surface area contributed by atoms with Crippen LogP contribution in [0.4, 0.5) is 0 Å². The molecule has 0 atom stereocenters. The highest BCUT2D eigenvalue weighted by Crippen LogP contribution is 2.26. The van der Waals surface area contributed by atoms with Gasteiger partial charge in [0.25, 0.3) is 0 Å². The van der Waals surface area contributed by atoms with E-state index in [1.54, 1.807) is 36.6 Å². The lowest BCUT2D eigenvalue weighted by Gasteiger charge is -2.14. The van der Waals surface area contributed by atoms with Crippen molar-refractivity contribution in [3.63, 3.8) is 0 Å². The Bertz CT molecular complexity index is 1010. The summed E-state index contributed by atoms with van der Waals surface area (Å²) in [6, 6.07) is 24.7. The smallest absolute Gasteiger partial charge is 0.343 e. The first kappa shape index (κ1) is 20.3. The highest BCUT2D eigenvalue weighted by Gasteiger charge is 2.15. The number of hydrogen-bond acceptors (Lipinski definition) is 5. The Morgan fingerprint density at radius 3 is 1.90 bits per heavy atom. The highest BCUT2D eigenvalue weighted by atomic mass is 16.6. The molecule has 1 aliphatic rings. The minimum atomic E-state index is -0.500. The number of allylic oxidation sites excluding steroid dienone is 2. The number of benzene rings is 3. The fourth-order valence-electron chi connectivity index (χ4n) is 2.96. The van der Waals surface area contributed by atoms with Crippen molar-refractivity contribution < 1.29 is 23.7 Å². The normalized spacial score (nSPS) is 12.5. The van der Waals surface area contributed by atoms with E-state index in [4.69, 9.17) is 18.9 Å². The van der Waals surface area contributed by atoms with E-state index >= 15 is 0 Å². The van der Waals surface area contributed by atoms with Crippen molar-refractivity contribution in [2.24, 2.45) is 0 Å². The summed E-state index contributed by atoms with van der Waals surface area (Å²) >= 11 is 0. The van der Waals surface area contributed by atoms with Crippen LogP contribution in [0.1, 0.15) is 21.5 Å². The van der Waals surface area contributed by atoms with E-state index in [2.05, 4.69) is 0 Å². The summed E-state index contributed by atoms with van der Waals surface area (Å²) in [5, 5.41) is 0. The number of rotatable bonds is 8. The fourth-order valence-corrected chi connectivity index (χ4v) is 2.96. The molecule has 31 heavy (non-hydrogen) atoms. The maximum absolute atomic E-state index is 12.7. The van der Waals surface area contributed by atoms with E-state index < -0.39 is 5.97 Å². The molecule has 0 unspecified atom stereocenters. The zero-order chi connectivity index (χ0) is 21.3. The average Bonchev–Trinajstić information content (AvgIpc) is 2.83. The molecule has 3 aromatic carbocycles. The molecule has 0 N–H and O–H groups in total. The van der Waals surface area contributed by atoms with E-state index in [1.807, 2.05) is 60.7 Å². The van der Waals surface area contributed by atoms with Gasteiger partial charge in [0.05, 0.1) is 11.8 Å². The zero-order valence-electron chi connectivity index (χ0n) is 16.9. The van der Waals surface area contributed by atoms with Crippen LogP contribution in [0.25, 0.3) is 0 Å². The van der Waals surface area contributed by atoms with Gasteiger partial charge in [0.15, 0.2) is 0 Å². The maximum Gasteiger partial charge on any atom is 0.343 e. The van der Waals surface area contributed by atoms with Gasteiger partial charge in [-0.05, 0) is 35.4 Å². The monoisotopic (exact) mass is 414 g/mol. The molecule has 5 heteroatoms. The summed E-state index contributed by atoms with van der Waals surface area (Å²) in [4.78, 5) is 12.7. The van der Waals surface area contributed by atoms with Gasteiger partial charge in [-0.25, -0.2) is 4.79 Å². The minimum absolute atomic E-state index is 0.212. The Labute approximate surface area is 181 Å². The Balaban J connectivity index is 1.52. The molecule has 4 rings (SSSR count). The lowest BCUT2D eigenvalue weighted by molar-refractivity contribution is 0.0570. The predicted octanol–water partition coefficient (Wildman–Crippen LogP) is 5.43. The van der Waals surface area contributed by atoms with Gasteiger partial charge >= 0.3 is 5.97 Å². The quantitative estimate of drug-likeness (QED) is 0.460. The van der Waals surface area contributed by atoms with Crippen molar-refractivity contribution in [3.05, 3.63) is 120 Å². The van der Waals surface area contributed by atoms with Gasteiger partial charge in [0.1, 0.15) is 37.1 Å². The maximum atomic E-state index is 12.7. The summed E-state index contributed by atoms with van der Waals surface area (Å²) in [6.07, 6.45) is 4.93. The standard InChI is InChI=1S/C26H22O5/c27-26(31-23-12-7-13-28-19-23)22-14-24(29-17-20-8-3-1-4-9-20)16-25(15-22)30-18-21-10-5-2-6-11-21/h1-16H,17-19H2. The number of ether oxygens (including phenoxy) is 4. The summed E-state index contributed by atoms with van der Waals surface area (Å²) in [5.74, 6) is 0.986. The van der Waals surface area contributed by atoms with Crippen molar-refractivity contribution in [1.29, 1.82) is 0 Å². The second-order valence-corrected chi connectivity index (χ2v) is 6.90. The third-order valence-electron chi connectivity index (χ3n) is 4.52. The molecule has 1 heterocycles. The zero-order valence-corrected chi connectivity index (χ0v) is 16.9.